The van der Waals surface area contributed by atoms with Crippen LogP contribution in [0.1, 0.15) is 17.1 Å². The first-order valence-corrected chi connectivity index (χ1v) is 10.6. The fourth-order valence-electron chi connectivity index (χ4n) is 3.64. The summed E-state index contributed by atoms with van der Waals surface area (Å²) in [6.07, 6.45) is -1.05. The molecule has 182 valence electrons. The highest BCUT2D eigenvalue weighted by atomic mass is 35.5. The lowest BCUT2D eigenvalue weighted by Crippen LogP contribution is -2.08. The molecule has 4 heterocycles. The molecule has 1 aromatic carbocycles. The van der Waals surface area contributed by atoms with E-state index in [1.165, 1.54) is 23.0 Å². The molecule has 36 heavy (non-hydrogen) atoms. The molecule has 7 nitrogen and oxygen atoms in total. The number of hydrogen-bond acceptors (Lipinski definition) is 6. The Balaban J connectivity index is 1.58. The number of halogens is 6. The molecule has 0 spiro atoms. The van der Waals surface area contributed by atoms with Crippen molar-refractivity contribution in [1.82, 2.24) is 29.5 Å². The molecule has 0 bridgehead atoms. The summed E-state index contributed by atoms with van der Waals surface area (Å²) in [5.74, 6) is -1.30. The van der Waals surface area contributed by atoms with E-state index in [0.29, 0.717) is 5.52 Å². The van der Waals surface area contributed by atoms with E-state index in [4.69, 9.17) is 17.3 Å². The monoisotopic (exact) mass is 517 g/mol. The summed E-state index contributed by atoms with van der Waals surface area (Å²) in [7, 11) is 0. The first-order chi connectivity index (χ1) is 17.1. The molecule has 5 rings (SSSR count). The second-order valence-corrected chi connectivity index (χ2v) is 7.99. The standard InChI is InChI=1S/C23H13ClF5N7/c24-19-12(14(25)3-4-15(19)26)9-18-34-20(16-2-1-6-33-36(16)18)22-32-10-13(21(30)35-22)11-5-7-31-17(8-11)23(27,28)29/h1-8,10H,9H2,(H2,30,32,35). The van der Waals surface area contributed by atoms with E-state index < -0.39 is 23.5 Å². The van der Waals surface area contributed by atoms with Crippen molar-refractivity contribution in [2.45, 2.75) is 12.6 Å². The van der Waals surface area contributed by atoms with Crippen LogP contribution in [-0.4, -0.2) is 29.5 Å². The number of nitrogen functional groups attached to an aromatic ring is 1. The maximum Gasteiger partial charge on any atom is 0.433 e. The predicted molar refractivity (Wildman–Crippen MR) is 121 cm³/mol. The van der Waals surface area contributed by atoms with Crippen molar-refractivity contribution < 1.29 is 22.0 Å². The Kier molecular flexibility index (Phi) is 5.75. The zero-order chi connectivity index (χ0) is 25.6. The quantitative estimate of drug-likeness (QED) is 0.254. The molecule has 2 N–H and O–H groups in total. The predicted octanol–water partition coefficient (Wildman–Crippen LogP) is 5.37. The lowest BCUT2D eigenvalue weighted by atomic mass is 10.1. The van der Waals surface area contributed by atoms with E-state index >= 15 is 0 Å². The van der Waals surface area contributed by atoms with Gasteiger partial charge in [0.25, 0.3) is 0 Å². The van der Waals surface area contributed by atoms with Crippen molar-refractivity contribution >= 4 is 22.9 Å². The number of nitrogens with two attached hydrogens (primary N) is 1. The molecule has 0 atom stereocenters. The first kappa shape index (κ1) is 23.5. The van der Waals surface area contributed by atoms with E-state index in [2.05, 4.69) is 25.0 Å². The first-order valence-electron chi connectivity index (χ1n) is 10.2. The van der Waals surface area contributed by atoms with Gasteiger partial charge in [-0.3, -0.25) is 4.98 Å². The molecule has 0 aliphatic rings. The van der Waals surface area contributed by atoms with Crippen molar-refractivity contribution in [2.75, 3.05) is 5.73 Å². The number of alkyl halides is 3. The SMILES string of the molecule is Nc1nc(-c2nc(Cc3c(F)ccc(F)c3Cl)n3ncccc23)ncc1-c1ccnc(C(F)(F)F)c1. The molecule has 0 amide bonds. The van der Waals surface area contributed by atoms with Gasteiger partial charge in [0.15, 0.2) is 5.82 Å². The van der Waals surface area contributed by atoms with Crippen LogP contribution in [0.2, 0.25) is 5.02 Å². The number of rotatable bonds is 4. The fourth-order valence-corrected chi connectivity index (χ4v) is 3.86. The van der Waals surface area contributed by atoms with Gasteiger partial charge in [-0.25, -0.2) is 28.2 Å². The highest BCUT2D eigenvalue weighted by molar-refractivity contribution is 6.31. The Morgan fingerprint density at radius 2 is 1.75 bits per heavy atom. The smallest absolute Gasteiger partial charge is 0.383 e. The van der Waals surface area contributed by atoms with E-state index in [0.717, 1.165) is 24.4 Å². The topological polar surface area (TPSA) is 94.9 Å². The van der Waals surface area contributed by atoms with Crippen molar-refractivity contribution in [3.05, 3.63) is 88.7 Å². The molecule has 0 unspecified atom stereocenters. The van der Waals surface area contributed by atoms with Crippen molar-refractivity contribution in [2.24, 2.45) is 0 Å². The van der Waals surface area contributed by atoms with Crippen LogP contribution in [0.3, 0.4) is 0 Å². The van der Waals surface area contributed by atoms with Gasteiger partial charge in [-0.05, 0) is 42.0 Å². The summed E-state index contributed by atoms with van der Waals surface area (Å²) >= 11 is 5.97. The molecular formula is C23H13ClF5N7. The Labute approximate surface area is 204 Å². The second-order valence-electron chi connectivity index (χ2n) is 7.62. The molecular weight excluding hydrogens is 505 g/mol. The van der Waals surface area contributed by atoms with Gasteiger partial charge in [0.1, 0.15) is 34.7 Å². The summed E-state index contributed by atoms with van der Waals surface area (Å²) in [6, 6.07) is 7.39. The largest absolute Gasteiger partial charge is 0.433 e. The minimum atomic E-state index is -4.63. The second kappa shape index (κ2) is 8.79. The average molecular weight is 518 g/mol. The Morgan fingerprint density at radius 3 is 2.50 bits per heavy atom. The number of aromatic nitrogens is 6. The maximum absolute atomic E-state index is 14.4. The van der Waals surface area contributed by atoms with Gasteiger partial charge in [-0.1, -0.05) is 11.6 Å². The number of pyridine rings is 1. The number of fused-ring (bicyclic) bond motifs is 1. The highest BCUT2D eigenvalue weighted by Gasteiger charge is 2.32. The summed E-state index contributed by atoms with van der Waals surface area (Å²) in [4.78, 5) is 16.3. The minimum Gasteiger partial charge on any atom is -0.383 e. The molecule has 0 saturated heterocycles. The zero-order valence-corrected chi connectivity index (χ0v) is 18.7. The Bertz CT molecular complexity index is 1620. The summed E-state index contributed by atoms with van der Waals surface area (Å²) in [6.45, 7) is 0. The van der Waals surface area contributed by atoms with E-state index in [1.807, 2.05) is 0 Å². The van der Waals surface area contributed by atoms with Crippen LogP contribution < -0.4 is 5.73 Å². The summed E-state index contributed by atoms with van der Waals surface area (Å²) < 4.78 is 68.9. The van der Waals surface area contributed by atoms with E-state index in [9.17, 15) is 22.0 Å². The molecule has 0 aliphatic heterocycles. The lowest BCUT2D eigenvalue weighted by molar-refractivity contribution is -0.141. The maximum atomic E-state index is 14.4. The van der Waals surface area contributed by atoms with Gasteiger partial charge in [0.2, 0.25) is 0 Å². The van der Waals surface area contributed by atoms with E-state index in [-0.39, 0.29) is 51.3 Å². The fraction of sp³-hybridized carbons (Fsp3) is 0.0870. The van der Waals surface area contributed by atoms with Gasteiger partial charge in [-0.2, -0.15) is 18.3 Å². The van der Waals surface area contributed by atoms with Gasteiger partial charge in [0, 0.05) is 36.1 Å². The van der Waals surface area contributed by atoms with Gasteiger partial charge >= 0.3 is 6.18 Å². The van der Waals surface area contributed by atoms with Crippen LogP contribution in [0.15, 0.2) is 55.0 Å². The van der Waals surface area contributed by atoms with Crippen LogP contribution >= 0.6 is 11.6 Å². The molecule has 5 aromatic rings. The van der Waals surface area contributed by atoms with Gasteiger partial charge in [-0.15, -0.1) is 0 Å². The van der Waals surface area contributed by atoms with Gasteiger partial charge < -0.3 is 5.73 Å². The Hall–Kier alpha value is -4.19. The molecule has 0 aliphatic carbocycles. The number of nitrogens with zero attached hydrogens (tertiary/aromatic N) is 6. The molecule has 4 aromatic heterocycles. The number of anilines is 1. The average Bonchev–Trinajstić information content (AvgIpc) is 3.22. The third-order valence-corrected chi connectivity index (χ3v) is 5.75. The normalized spacial score (nSPS) is 11.8. The minimum absolute atomic E-state index is 0.0592. The summed E-state index contributed by atoms with van der Waals surface area (Å²) in [5.41, 5.74) is 5.86. The van der Waals surface area contributed by atoms with Crippen LogP contribution in [-0.2, 0) is 12.6 Å². The van der Waals surface area contributed by atoms with Crippen molar-refractivity contribution in [3.8, 4) is 22.6 Å². The zero-order valence-electron chi connectivity index (χ0n) is 17.9. The van der Waals surface area contributed by atoms with Crippen LogP contribution in [0.5, 0.6) is 0 Å². The number of hydrogen-bond donors (Lipinski definition) is 1. The van der Waals surface area contributed by atoms with Crippen LogP contribution in [0.4, 0.5) is 27.8 Å². The highest BCUT2D eigenvalue weighted by Crippen LogP contribution is 2.33. The van der Waals surface area contributed by atoms with Crippen molar-refractivity contribution in [1.29, 1.82) is 0 Å². The van der Waals surface area contributed by atoms with Crippen molar-refractivity contribution in [3.63, 3.8) is 0 Å². The van der Waals surface area contributed by atoms with Crippen LogP contribution in [0, 0.1) is 11.6 Å². The number of imidazole rings is 1. The third-order valence-electron chi connectivity index (χ3n) is 5.34. The molecule has 13 heteroatoms. The Morgan fingerprint density at radius 1 is 0.972 bits per heavy atom. The summed E-state index contributed by atoms with van der Waals surface area (Å²) in [5, 5.41) is 3.85. The molecule has 0 fully saturated rings. The molecule has 0 radical (unpaired) electrons. The number of benzene rings is 1. The van der Waals surface area contributed by atoms with Gasteiger partial charge in [0.05, 0.1) is 10.5 Å². The third kappa shape index (κ3) is 4.19. The molecule has 0 saturated carbocycles. The lowest BCUT2D eigenvalue weighted by Gasteiger charge is -2.09. The van der Waals surface area contributed by atoms with Crippen LogP contribution in [0.25, 0.3) is 28.2 Å². The van der Waals surface area contributed by atoms with E-state index in [1.54, 1.807) is 12.1 Å².